The van der Waals surface area contributed by atoms with Gasteiger partial charge in [-0.3, -0.25) is 0 Å². The number of halogens is 4. The van der Waals surface area contributed by atoms with Gasteiger partial charge in [0.2, 0.25) is 0 Å². The fraction of sp³-hybridized carbons (Fsp3) is 0. The first-order valence-electron chi connectivity index (χ1n) is 15.0. The zero-order chi connectivity index (χ0) is 32.9. The molecule has 0 radical (unpaired) electrons. The largest absolute Gasteiger partial charge is 0.247 e. The molecule has 8 aromatic rings. The van der Waals surface area contributed by atoms with Crippen molar-refractivity contribution >= 4 is 32.7 Å². The Morgan fingerprint density at radius 3 is 1.52 bits per heavy atom. The van der Waals surface area contributed by atoms with E-state index in [9.17, 15) is 5.26 Å². The van der Waals surface area contributed by atoms with Gasteiger partial charge in [0.15, 0.2) is 23.3 Å². The zero-order valence-electron chi connectivity index (χ0n) is 24.8. The second-order valence-corrected chi connectivity index (χ2v) is 11.2. The molecule has 0 saturated heterocycles. The number of rotatable bonds is 4. The van der Waals surface area contributed by atoms with Crippen molar-refractivity contribution in [3.8, 4) is 51.0 Å². The Balaban J connectivity index is 1.65. The average Bonchev–Trinajstić information content (AvgIpc) is 3.14. The van der Waals surface area contributed by atoms with E-state index in [-0.39, 0.29) is 16.5 Å². The highest BCUT2D eigenvalue weighted by Crippen LogP contribution is 2.45. The van der Waals surface area contributed by atoms with Crippen LogP contribution in [-0.4, -0.2) is 15.0 Å². The Labute approximate surface area is 271 Å². The number of hydrogen-bond acceptors (Lipinski definition) is 4. The molecule has 0 fully saturated rings. The smallest absolute Gasteiger partial charge is 0.180 e. The molecule has 48 heavy (non-hydrogen) atoms. The van der Waals surface area contributed by atoms with E-state index in [2.05, 4.69) is 0 Å². The Hall–Kier alpha value is -6.46. The van der Waals surface area contributed by atoms with Gasteiger partial charge in [-0.15, -0.1) is 0 Å². The van der Waals surface area contributed by atoms with E-state index in [0.717, 1.165) is 11.1 Å². The molecule has 2 heterocycles. The molecule has 0 aliphatic heterocycles. The molecule has 0 aliphatic carbocycles. The Bertz CT molecular complexity index is 2570. The highest BCUT2D eigenvalue weighted by Gasteiger charge is 2.30. The van der Waals surface area contributed by atoms with Crippen molar-refractivity contribution in [2.24, 2.45) is 0 Å². The highest BCUT2D eigenvalue weighted by molar-refractivity contribution is 6.25. The predicted octanol–water partition coefficient (Wildman–Crippen LogP) is 10.4. The molecule has 0 saturated carbocycles. The maximum Gasteiger partial charge on any atom is 0.180 e. The van der Waals surface area contributed by atoms with Crippen LogP contribution in [0.1, 0.15) is 5.56 Å². The summed E-state index contributed by atoms with van der Waals surface area (Å²) in [6.07, 6.45) is 0. The molecular weight excluding hydrogens is 612 g/mol. The van der Waals surface area contributed by atoms with Crippen LogP contribution in [-0.2, 0) is 0 Å². The monoisotopic (exact) mass is 632 g/mol. The van der Waals surface area contributed by atoms with Gasteiger partial charge in [-0.25, -0.2) is 32.5 Å². The van der Waals surface area contributed by atoms with Crippen LogP contribution in [0.15, 0.2) is 121 Å². The fourth-order valence-electron chi connectivity index (χ4n) is 6.23. The van der Waals surface area contributed by atoms with Crippen molar-refractivity contribution in [2.75, 3.05) is 0 Å². The summed E-state index contributed by atoms with van der Waals surface area (Å²) in [5, 5.41) is 10.4. The number of nitriles is 1. The lowest BCUT2D eigenvalue weighted by Gasteiger charge is -2.19. The van der Waals surface area contributed by atoms with E-state index in [1.165, 1.54) is 12.1 Å². The molecule has 0 atom stereocenters. The lowest BCUT2D eigenvalue weighted by atomic mass is 9.90. The first kappa shape index (κ1) is 29.0. The van der Waals surface area contributed by atoms with E-state index < -0.39 is 34.4 Å². The molecule has 0 unspecified atom stereocenters. The third-order valence-corrected chi connectivity index (χ3v) is 8.39. The quantitative estimate of drug-likeness (QED) is 0.110. The minimum Gasteiger partial charge on any atom is -0.247 e. The van der Waals surface area contributed by atoms with Crippen molar-refractivity contribution in [3.63, 3.8) is 0 Å². The van der Waals surface area contributed by atoms with Crippen molar-refractivity contribution in [3.05, 3.63) is 150 Å². The number of benzene rings is 6. The molecule has 0 aliphatic rings. The van der Waals surface area contributed by atoms with Gasteiger partial charge in [-0.2, -0.15) is 5.26 Å². The normalized spacial score (nSPS) is 11.3. The van der Waals surface area contributed by atoms with Gasteiger partial charge in [0.05, 0.1) is 39.2 Å². The summed E-state index contributed by atoms with van der Waals surface area (Å²) in [6, 6.07) is 37.7. The van der Waals surface area contributed by atoms with E-state index in [1.54, 1.807) is 24.3 Å². The summed E-state index contributed by atoms with van der Waals surface area (Å²) in [5.74, 6) is -6.94. The van der Waals surface area contributed by atoms with Gasteiger partial charge in [0, 0.05) is 32.8 Å². The van der Waals surface area contributed by atoms with Gasteiger partial charge in [0.1, 0.15) is 11.6 Å². The lowest BCUT2D eigenvalue weighted by molar-refractivity contribution is 0.454. The van der Waals surface area contributed by atoms with Gasteiger partial charge < -0.3 is 0 Å². The van der Waals surface area contributed by atoms with E-state index in [4.69, 9.17) is 15.0 Å². The van der Waals surface area contributed by atoms with E-state index in [0.29, 0.717) is 44.5 Å². The zero-order valence-corrected chi connectivity index (χ0v) is 24.8. The molecule has 0 N–H and O–H groups in total. The summed E-state index contributed by atoms with van der Waals surface area (Å²) in [5.41, 5.74) is 2.31. The maximum absolute atomic E-state index is 16.0. The molecular formula is C40H20F4N4. The molecule has 8 heteroatoms. The van der Waals surface area contributed by atoms with Gasteiger partial charge in [-0.1, -0.05) is 109 Å². The summed E-state index contributed by atoms with van der Waals surface area (Å²) in [6.45, 7) is 0. The van der Waals surface area contributed by atoms with Crippen LogP contribution in [0.2, 0.25) is 0 Å². The minimum absolute atomic E-state index is 0.161. The first-order valence-corrected chi connectivity index (χ1v) is 15.0. The van der Waals surface area contributed by atoms with Crippen LogP contribution in [0.25, 0.3) is 77.6 Å². The second-order valence-electron chi connectivity index (χ2n) is 11.2. The van der Waals surface area contributed by atoms with Crippen molar-refractivity contribution in [1.29, 1.82) is 5.26 Å². The molecule has 228 valence electrons. The number of para-hydroxylation sites is 1. The minimum atomic E-state index is -1.78. The van der Waals surface area contributed by atoms with Crippen LogP contribution in [0, 0.1) is 34.6 Å². The molecule has 0 bridgehead atoms. The van der Waals surface area contributed by atoms with E-state index in [1.807, 2.05) is 91.0 Å². The summed E-state index contributed by atoms with van der Waals surface area (Å²) in [7, 11) is 0. The number of pyridine rings is 1. The lowest BCUT2D eigenvalue weighted by Crippen LogP contribution is -2.05. The van der Waals surface area contributed by atoms with Gasteiger partial charge in [-0.05, 0) is 17.7 Å². The average molecular weight is 633 g/mol. The molecule has 6 aromatic carbocycles. The molecule has 2 aromatic heterocycles. The standard InChI is InChI=1S/C40H20F4N4/c41-33-27(21-45)34(42)36(44)31(35(33)43)26-20-29-40(48-39(24-16-8-3-9-17-24)38(47-29)23-14-6-2-7-15-23)32-30(26)25-18-10-11-19-28(25)46-37(32)22-12-4-1-5-13-22/h1-20H. The topological polar surface area (TPSA) is 62.5 Å². The molecule has 8 rings (SSSR count). The van der Waals surface area contributed by atoms with E-state index >= 15 is 17.6 Å². The highest BCUT2D eigenvalue weighted by atomic mass is 19.2. The third-order valence-electron chi connectivity index (χ3n) is 8.39. The SMILES string of the molecule is N#Cc1c(F)c(F)c(-c2cc3nc(-c4ccccc4)c(-c4ccccc4)nc3c3c(-c4ccccc4)nc4ccccc4c23)c(F)c1F. The van der Waals surface area contributed by atoms with Crippen molar-refractivity contribution < 1.29 is 17.6 Å². The van der Waals surface area contributed by atoms with Crippen LogP contribution in [0.5, 0.6) is 0 Å². The van der Waals surface area contributed by atoms with Gasteiger partial charge >= 0.3 is 0 Å². The second kappa shape index (κ2) is 11.4. The first-order chi connectivity index (χ1) is 23.5. The number of nitrogens with zero attached hydrogens (tertiary/aromatic N) is 4. The summed E-state index contributed by atoms with van der Waals surface area (Å²) in [4.78, 5) is 15.2. The fourth-order valence-corrected chi connectivity index (χ4v) is 6.23. The van der Waals surface area contributed by atoms with Crippen LogP contribution < -0.4 is 0 Å². The number of aromatic nitrogens is 3. The van der Waals surface area contributed by atoms with Crippen molar-refractivity contribution in [2.45, 2.75) is 0 Å². The predicted molar refractivity (Wildman–Crippen MR) is 179 cm³/mol. The van der Waals surface area contributed by atoms with Gasteiger partial charge in [0.25, 0.3) is 0 Å². The summed E-state index contributed by atoms with van der Waals surface area (Å²) < 4.78 is 62.4. The van der Waals surface area contributed by atoms with Crippen LogP contribution in [0.3, 0.4) is 0 Å². The Morgan fingerprint density at radius 2 is 0.958 bits per heavy atom. The van der Waals surface area contributed by atoms with Crippen LogP contribution >= 0.6 is 0 Å². The van der Waals surface area contributed by atoms with Crippen molar-refractivity contribution in [1.82, 2.24) is 15.0 Å². The molecule has 4 nitrogen and oxygen atoms in total. The Kier molecular flexibility index (Phi) is 6.89. The molecule has 0 amide bonds. The summed E-state index contributed by atoms with van der Waals surface area (Å²) >= 11 is 0. The number of hydrogen-bond donors (Lipinski definition) is 0. The number of fused-ring (bicyclic) bond motifs is 5. The third kappa shape index (κ3) is 4.48. The Morgan fingerprint density at radius 1 is 0.479 bits per heavy atom. The maximum atomic E-state index is 16.0. The van der Waals surface area contributed by atoms with Crippen LogP contribution in [0.4, 0.5) is 17.6 Å². The molecule has 0 spiro atoms.